The average molecular weight is 317 g/mol. The van der Waals surface area contributed by atoms with Crippen molar-refractivity contribution in [2.24, 2.45) is 0 Å². The van der Waals surface area contributed by atoms with Crippen molar-refractivity contribution in [3.8, 4) is 0 Å². The average Bonchev–Trinajstić information content (AvgIpc) is 2.48. The maximum absolute atomic E-state index is 12.1. The number of hydrogen-bond donors (Lipinski definition) is 2. The van der Waals surface area contributed by atoms with Crippen LogP contribution < -0.4 is 10.9 Å². The zero-order chi connectivity index (χ0) is 16.1. The molecule has 0 aliphatic carbocycles. The molecule has 1 aromatic heterocycles. The number of aromatic amines is 1. The van der Waals surface area contributed by atoms with Crippen molar-refractivity contribution in [3.63, 3.8) is 0 Å². The van der Waals surface area contributed by atoms with Crippen LogP contribution in [0.2, 0.25) is 0 Å². The Labute approximate surface area is 133 Å². The molecule has 0 saturated carbocycles. The van der Waals surface area contributed by atoms with Gasteiger partial charge in [-0.25, -0.2) is 4.98 Å². The van der Waals surface area contributed by atoms with Crippen LogP contribution in [0.25, 0.3) is 0 Å². The Morgan fingerprint density at radius 3 is 2.64 bits per heavy atom. The molecule has 0 aliphatic heterocycles. The first kappa shape index (κ1) is 16.3. The maximum atomic E-state index is 12.1. The predicted molar refractivity (Wildman–Crippen MR) is 89.5 cm³/mol. The fraction of sp³-hybridized carbons (Fsp3) is 0.312. The lowest BCUT2D eigenvalue weighted by Gasteiger charge is -2.11. The van der Waals surface area contributed by atoms with Crippen molar-refractivity contribution >= 4 is 23.4 Å². The Kier molecular flexibility index (Phi) is 5.38. The van der Waals surface area contributed by atoms with Gasteiger partial charge >= 0.3 is 0 Å². The maximum Gasteiger partial charge on any atom is 0.251 e. The summed E-state index contributed by atoms with van der Waals surface area (Å²) in [6.45, 7) is 5.85. The zero-order valence-corrected chi connectivity index (χ0v) is 13.7. The summed E-state index contributed by atoms with van der Waals surface area (Å²) in [6, 6.07) is 7.35. The standard InChI is InChI=1S/C16H19N3O2S/c1-4-12-8-13(20)19-16(17-12)22-9-14(21)18-15-10(2)6-5-7-11(15)3/h5-8H,4,9H2,1-3H3,(H,18,21)(H,17,19,20). The first-order chi connectivity index (χ1) is 10.5. The number of carbonyl (C=O) groups excluding carboxylic acids is 1. The van der Waals surface area contributed by atoms with Gasteiger partial charge in [-0.15, -0.1) is 0 Å². The number of benzene rings is 1. The fourth-order valence-corrected chi connectivity index (χ4v) is 2.75. The molecule has 1 amide bonds. The largest absolute Gasteiger partial charge is 0.325 e. The number of amides is 1. The third-order valence-corrected chi connectivity index (χ3v) is 4.09. The van der Waals surface area contributed by atoms with Crippen LogP contribution in [0.3, 0.4) is 0 Å². The molecule has 116 valence electrons. The molecular formula is C16H19N3O2S. The molecule has 0 aliphatic rings. The van der Waals surface area contributed by atoms with Crippen LogP contribution in [0.1, 0.15) is 23.7 Å². The van der Waals surface area contributed by atoms with Crippen LogP contribution in [0.15, 0.2) is 34.2 Å². The molecule has 2 N–H and O–H groups in total. The van der Waals surface area contributed by atoms with Gasteiger partial charge in [-0.05, 0) is 31.4 Å². The molecule has 6 heteroatoms. The number of thioether (sulfide) groups is 1. The summed E-state index contributed by atoms with van der Waals surface area (Å²) in [5.41, 5.74) is 3.43. The molecule has 0 fully saturated rings. The Bertz CT molecular complexity index is 720. The second-order valence-electron chi connectivity index (χ2n) is 5.00. The van der Waals surface area contributed by atoms with E-state index in [4.69, 9.17) is 0 Å². The first-order valence-electron chi connectivity index (χ1n) is 7.08. The number of nitrogens with one attached hydrogen (secondary N) is 2. The topological polar surface area (TPSA) is 74.8 Å². The third kappa shape index (κ3) is 4.21. The molecule has 0 radical (unpaired) electrons. The minimum Gasteiger partial charge on any atom is -0.325 e. The number of H-pyrrole nitrogens is 1. The number of carbonyl (C=O) groups is 1. The van der Waals surface area contributed by atoms with Crippen molar-refractivity contribution in [3.05, 3.63) is 51.4 Å². The van der Waals surface area contributed by atoms with Crippen LogP contribution in [0.4, 0.5) is 5.69 Å². The molecule has 0 saturated heterocycles. The quantitative estimate of drug-likeness (QED) is 0.657. The van der Waals surface area contributed by atoms with Crippen LogP contribution in [-0.2, 0) is 11.2 Å². The van der Waals surface area contributed by atoms with E-state index in [0.717, 1.165) is 22.5 Å². The number of aryl methyl sites for hydroxylation is 3. The van der Waals surface area contributed by atoms with Gasteiger partial charge < -0.3 is 10.3 Å². The summed E-state index contributed by atoms with van der Waals surface area (Å²) in [5.74, 6) is 0.0797. The molecule has 1 heterocycles. The Hall–Kier alpha value is -2.08. The Morgan fingerprint density at radius 2 is 2.00 bits per heavy atom. The van der Waals surface area contributed by atoms with Gasteiger partial charge in [-0.1, -0.05) is 36.9 Å². The monoisotopic (exact) mass is 317 g/mol. The van der Waals surface area contributed by atoms with Crippen LogP contribution in [-0.4, -0.2) is 21.6 Å². The summed E-state index contributed by atoms with van der Waals surface area (Å²) in [4.78, 5) is 30.5. The van der Waals surface area contributed by atoms with Gasteiger partial charge in [0.25, 0.3) is 5.56 Å². The molecular weight excluding hydrogens is 298 g/mol. The number of para-hydroxylation sites is 1. The third-order valence-electron chi connectivity index (χ3n) is 3.22. The van der Waals surface area contributed by atoms with Crippen LogP contribution in [0.5, 0.6) is 0 Å². The molecule has 0 atom stereocenters. The van der Waals surface area contributed by atoms with Gasteiger partial charge in [0.1, 0.15) is 0 Å². The summed E-state index contributed by atoms with van der Waals surface area (Å²) in [7, 11) is 0. The highest BCUT2D eigenvalue weighted by atomic mass is 32.2. The lowest BCUT2D eigenvalue weighted by atomic mass is 10.1. The summed E-state index contributed by atoms with van der Waals surface area (Å²) < 4.78 is 0. The van der Waals surface area contributed by atoms with E-state index < -0.39 is 0 Å². The Balaban J connectivity index is 2.01. The van der Waals surface area contributed by atoms with E-state index in [9.17, 15) is 9.59 Å². The van der Waals surface area contributed by atoms with Gasteiger partial charge in [0.2, 0.25) is 5.91 Å². The van der Waals surface area contributed by atoms with Crippen molar-refractivity contribution in [2.45, 2.75) is 32.3 Å². The van der Waals surface area contributed by atoms with Crippen molar-refractivity contribution < 1.29 is 4.79 Å². The lowest BCUT2D eigenvalue weighted by Crippen LogP contribution is -2.17. The number of rotatable bonds is 5. The van der Waals surface area contributed by atoms with E-state index in [1.165, 1.54) is 17.8 Å². The molecule has 2 rings (SSSR count). The number of aromatic nitrogens is 2. The highest BCUT2D eigenvalue weighted by molar-refractivity contribution is 7.99. The van der Waals surface area contributed by atoms with Gasteiger partial charge in [0.15, 0.2) is 5.16 Å². The predicted octanol–water partition coefficient (Wildman–Crippen LogP) is 2.68. The molecule has 1 aromatic carbocycles. The molecule has 0 bridgehead atoms. The van der Waals surface area contributed by atoms with Crippen LogP contribution in [0, 0.1) is 13.8 Å². The van der Waals surface area contributed by atoms with Crippen molar-refractivity contribution in [1.82, 2.24) is 9.97 Å². The highest BCUT2D eigenvalue weighted by Gasteiger charge is 2.09. The normalized spacial score (nSPS) is 10.5. The number of hydrogen-bond acceptors (Lipinski definition) is 4. The smallest absolute Gasteiger partial charge is 0.251 e. The van der Waals surface area contributed by atoms with Gasteiger partial charge in [-0.2, -0.15) is 0 Å². The minimum atomic E-state index is -0.190. The number of nitrogens with zero attached hydrogens (tertiary/aromatic N) is 1. The van der Waals surface area contributed by atoms with Gasteiger partial charge in [0, 0.05) is 17.4 Å². The first-order valence-corrected chi connectivity index (χ1v) is 8.07. The van der Waals surface area contributed by atoms with E-state index in [1.807, 2.05) is 39.0 Å². The SMILES string of the molecule is CCc1cc(=O)[nH]c(SCC(=O)Nc2c(C)cccc2C)n1. The van der Waals surface area contributed by atoms with Gasteiger partial charge in [-0.3, -0.25) is 9.59 Å². The highest BCUT2D eigenvalue weighted by Crippen LogP contribution is 2.20. The second kappa shape index (κ2) is 7.26. The van der Waals surface area contributed by atoms with Crippen molar-refractivity contribution in [1.29, 1.82) is 0 Å². The summed E-state index contributed by atoms with van der Waals surface area (Å²) in [5, 5.41) is 3.39. The number of anilines is 1. The molecule has 0 spiro atoms. The fourth-order valence-electron chi connectivity index (χ4n) is 2.05. The van der Waals surface area contributed by atoms with Gasteiger partial charge in [0.05, 0.1) is 5.75 Å². The molecule has 5 nitrogen and oxygen atoms in total. The van der Waals surface area contributed by atoms with E-state index in [0.29, 0.717) is 11.6 Å². The molecule has 22 heavy (non-hydrogen) atoms. The summed E-state index contributed by atoms with van der Waals surface area (Å²) >= 11 is 1.22. The van der Waals surface area contributed by atoms with E-state index in [2.05, 4.69) is 15.3 Å². The summed E-state index contributed by atoms with van der Waals surface area (Å²) in [6.07, 6.45) is 0.687. The van der Waals surface area contributed by atoms with E-state index in [-0.39, 0.29) is 17.2 Å². The van der Waals surface area contributed by atoms with E-state index >= 15 is 0 Å². The second-order valence-corrected chi connectivity index (χ2v) is 5.96. The minimum absolute atomic E-state index is 0.119. The van der Waals surface area contributed by atoms with Crippen LogP contribution >= 0.6 is 11.8 Å². The lowest BCUT2D eigenvalue weighted by molar-refractivity contribution is -0.113. The molecule has 2 aromatic rings. The van der Waals surface area contributed by atoms with E-state index in [1.54, 1.807) is 0 Å². The Morgan fingerprint density at radius 1 is 1.32 bits per heavy atom. The molecule has 0 unspecified atom stereocenters. The van der Waals surface area contributed by atoms with Crippen molar-refractivity contribution in [2.75, 3.05) is 11.1 Å². The zero-order valence-electron chi connectivity index (χ0n) is 12.9.